The van der Waals surface area contributed by atoms with Crippen molar-refractivity contribution in [2.45, 2.75) is 31.2 Å². The van der Waals surface area contributed by atoms with Gasteiger partial charge in [0.25, 0.3) is 0 Å². The van der Waals surface area contributed by atoms with Gasteiger partial charge < -0.3 is 5.73 Å². The Balaban J connectivity index is 2.95. The zero-order valence-electron chi connectivity index (χ0n) is 10.2. The third-order valence-corrected chi connectivity index (χ3v) is 4.61. The summed E-state index contributed by atoms with van der Waals surface area (Å²) in [5, 5.41) is 0. The van der Waals surface area contributed by atoms with Crippen molar-refractivity contribution in [2.75, 3.05) is 6.54 Å². The summed E-state index contributed by atoms with van der Waals surface area (Å²) in [6.45, 7) is 3.61. The van der Waals surface area contributed by atoms with Crippen LogP contribution in [0.25, 0.3) is 0 Å². The van der Waals surface area contributed by atoms with E-state index in [1.165, 1.54) is 12.1 Å². The summed E-state index contributed by atoms with van der Waals surface area (Å²) < 4.78 is 39.8. The molecule has 1 rings (SSSR count). The molecule has 0 amide bonds. The molecule has 0 aliphatic carbocycles. The fraction of sp³-hybridized carbons (Fsp3) is 0.455. The minimum absolute atomic E-state index is 0.0699. The summed E-state index contributed by atoms with van der Waals surface area (Å²) in [5.74, 6) is -0.484. The second kappa shape index (κ2) is 6.10. The number of aryl methyl sites for hydroxylation is 1. The first-order chi connectivity index (χ1) is 8.24. The van der Waals surface area contributed by atoms with Crippen LogP contribution >= 0.6 is 15.9 Å². The van der Waals surface area contributed by atoms with Gasteiger partial charge in [0.15, 0.2) is 0 Å². The SMILES string of the molecule is Cc1cc(F)c(Br)cc1S(=O)(=O)NCCC(C)N. The average Bonchev–Trinajstić information content (AvgIpc) is 2.22. The van der Waals surface area contributed by atoms with E-state index in [1.54, 1.807) is 13.8 Å². The fourth-order valence-electron chi connectivity index (χ4n) is 1.42. The summed E-state index contributed by atoms with van der Waals surface area (Å²) in [6, 6.07) is 2.37. The Hall–Kier alpha value is -0.500. The lowest BCUT2D eigenvalue weighted by atomic mass is 10.2. The highest BCUT2D eigenvalue weighted by molar-refractivity contribution is 9.10. The van der Waals surface area contributed by atoms with Gasteiger partial charge >= 0.3 is 0 Å². The van der Waals surface area contributed by atoms with Crippen LogP contribution in [0, 0.1) is 12.7 Å². The van der Waals surface area contributed by atoms with Crippen LogP contribution in [0.2, 0.25) is 0 Å². The van der Waals surface area contributed by atoms with Gasteiger partial charge in [-0.25, -0.2) is 17.5 Å². The van der Waals surface area contributed by atoms with Gasteiger partial charge in [0, 0.05) is 12.6 Å². The van der Waals surface area contributed by atoms with Gasteiger partial charge in [-0.2, -0.15) is 0 Å². The zero-order valence-corrected chi connectivity index (χ0v) is 12.6. The van der Waals surface area contributed by atoms with Gasteiger partial charge in [-0.1, -0.05) is 0 Å². The molecule has 0 saturated heterocycles. The molecule has 0 fully saturated rings. The Kier molecular flexibility index (Phi) is 5.27. The van der Waals surface area contributed by atoms with E-state index in [0.29, 0.717) is 12.0 Å². The standard InChI is InChI=1S/C11H16BrFN2O2S/c1-7-5-10(13)9(12)6-11(7)18(16,17)15-4-3-8(2)14/h5-6,8,15H,3-4,14H2,1-2H3. The van der Waals surface area contributed by atoms with E-state index < -0.39 is 15.8 Å². The van der Waals surface area contributed by atoms with Crippen LogP contribution in [-0.4, -0.2) is 21.0 Å². The summed E-state index contributed by atoms with van der Waals surface area (Å²) in [7, 11) is -3.63. The highest BCUT2D eigenvalue weighted by atomic mass is 79.9. The molecular weight excluding hydrogens is 323 g/mol. The first kappa shape index (κ1) is 15.6. The van der Waals surface area contributed by atoms with E-state index >= 15 is 0 Å². The van der Waals surface area contributed by atoms with Crippen LogP contribution in [0.15, 0.2) is 21.5 Å². The van der Waals surface area contributed by atoms with Crippen molar-refractivity contribution in [3.05, 3.63) is 28.0 Å². The lowest BCUT2D eigenvalue weighted by Gasteiger charge is -2.11. The molecule has 0 aliphatic rings. The lowest BCUT2D eigenvalue weighted by Crippen LogP contribution is -2.29. The van der Waals surface area contributed by atoms with Crippen molar-refractivity contribution in [3.8, 4) is 0 Å². The van der Waals surface area contributed by atoms with E-state index in [1.807, 2.05) is 0 Å². The lowest BCUT2D eigenvalue weighted by molar-refractivity contribution is 0.570. The Morgan fingerprint density at radius 2 is 2.11 bits per heavy atom. The van der Waals surface area contributed by atoms with Gasteiger partial charge in [-0.3, -0.25) is 0 Å². The van der Waals surface area contributed by atoms with Crippen molar-refractivity contribution in [3.63, 3.8) is 0 Å². The van der Waals surface area contributed by atoms with Crippen LogP contribution in [0.3, 0.4) is 0 Å². The topological polar surface area (TPSA) is 72.2 Å². The van der Waals surface area contributed by atoms with Crippen molar-refractivity contribution in [1.82, 2.24) is 4.72 Å². The largest absolute Gasteiger partial charge is 0.328 e. The van der Waals surface area contributed by atoms with E-state index in [9.17, 15) is 12.8 Å². The monoisotopic (exact) mass is 338 g/mol. The molecule has 0 radical (unpaired) electrons. The van der Waals surface area contributed by atoms with Gasteiger partial charge in [-0.05, 0) is 53.9 Å². The van der Waals surface area contributed by atoms with Crippen molar-refractivity contribution in [2.24, 2.45) is 5.73 Å². The molecule has 7 heteroatoms. The Morgan fingerprint density at radius 1 is 1.50 bits per heavy atom. The molecule has 4 nitrogen and oxygen atoms in total. The van der Waals surface area contributed by atoms with Gasteiger partial charge in [0.05, 0.1) is 9.37 Å². The summed E-state index contributed by atoms with van der Waals surface area (Å²) >= 11 is 2.98. The second-order valence-electron chi connectivity index (χ2n) is 4.20. The van der Waals surface area contributed by atoms with Crippen LogP contribution in [0.4, 0.5) is 4.39 Å². The minimum atomic E-state index is -3.63. The average molecular weight is 339 g/mol. The number of benzene rings is 1. The van der Waals surface area contributed by atoms with Crippen molar-refractivity contribution < 1.29 is 12.8 Å². The number of sulfonamides is 1. The van der Waals surface area contributed by atoms with Gasteiger partial charge in [0.1, 0.15) is 5.82 Å². The van der Waals surface area contributed by atoms with E-state index in [2.05, 4.69) is 20.7 Å². The second-order valence-corrected chi connectivity index (χ2v) is 6.79. The van der Waals surface area contributed by atoms with Crippen LogP contribution in [0.1, 0.15) is 18.9 Å². The third kappa shape index (κ3) is 4.01. The van der Waals surface area contributed by atoms with Crippen LogP contribution < -0.4 is 10.5 Å². The predicted octanol–water partition coefficient (Wildman–Crippen LogP) is 1.91. The van der Waals surface area contributed by atoms with Crippen molar-refractivity contribution >= 4 is 26.0 Å². The molecule has 102 valence electrons. The van der Waals surface area contributed by atoms with Crippen LogP contribution in [0.5, 0.6) is 0 Å². The normalized spacial score (nSPS) is 13.6. The predicted molar refractivity (Wildman–Crippen MR) is 72.3 cm³/mol. The maximum atomic E-state index is 13.2. The molecule has 0 saturated carbocycles. The highest BCUT2D eigenvalue weighted by Gasteiger charge is 2.18. The summed E-state index contributed by atoms with van der Waals surface area (Å²) in [4.78, 5) is 0.0699. The molecule has 1 unspecified atom stereocenters. The van der Waals surface area contributed by atoms with E-state index in [4.69, 9.17) is 5.73 Å². The first-order valence-corrected chi connectivity index (χ1v) is 7.72. The van der Waals surface area contributed by atoms with Crippen LogP contribution in [-0.2, 0) is 10.0 Å². The molecule has 0 bridgehead atoms. The van der Waals surface area contributed by atoms with Gasteiger partial charge in [0.2, 0.25) is 10.0 Å². The number of halogens is 2. The van der Waals surface area contributed by atoms with E-state index in [0.717, 1.165) is 0 Å². The Labute approximate surface area is 115 Å². The fourth-order valence-corrected chi connectivity index (χ4v) is 3.21. The quantitative estimate of drug-likeness (QED) is 0.861. The molecule has 0 spiro atoms. The molecule has 0 aliphatic heterocycles. The molecule has 1 aromatic rings. The van der Waals surface area contributed by atoms with Crippen molar-refractivity contribution in [1.29, 1.82) is 0 Å². The molecule has 0 heterocycles. The number of nitrogens with two attached hydrogens (primary N) is 1. The number of rotatable bonds is 5. The van der Waals surface area contributed by atoms with Gasteiger partial charge in [-0.15, -0.1) is 0 Å². The number of nitrogens with one attached hydrogen (secondary N) is 1. The van der Waals surface area contributed by atoms with E-state index in [-0.39, 0.29) is 22.0 Å². The summed E-state index contributed by atoms with van der Waals surface area (Å²) in [5.41, 5.74) is 5.91. The zero-order chi connectivity index (χ0) is 13.9. The highest BCUT2D eigenvalue weighted by Crippen LogP contribution is 2.23. The Morgan fingerprint density at radius 3 is 2.67 bits per heavy atom. The first-order valence-electron chi connectivity index (χ1n) is 5.45. The summed E-state index contributed by atoms with van der Waals surface area (Å²) in [6.07, 6.45) is 0.542. The molecule has 0 aromatic heterocycles. The molecule has 1 atom stereocenters. The molecule has 3 N–H and O–H groups in total. The number of hydrogen-bond acceptors (Lipinski definition) is 3. The Bertz CT molecular complexity index is 532. The molecular formula is C11H16BrFN2O2S. The maximum absolute atomic E-state index is 13.2. The maximum Gasteiger partial charge on any atom is 0.240 e. The molecule has 18 heavy (non-hydrogen) atoms. The number of hydrogen-bond donors (Lipinski definition) is 2. The minimum Gasteiger partial charge on any atom is -0.328 e. The third-order valence-electron chi connectivity index (χ3n) is 2.40. The smallest absolute Gasteiger partial charge is 0.240 e. The molecule has 1 aromatic carbocycles.